The largest absolute Gasteiger partial charge is 0.497 e. The van der Waals surface area contributed by atoms with E-state index in [4.69, 9.17) is 14.2 Å². The molecule has 0 bridgehead atoms. The van der Waals surface area contributed by atoms with Crippen molar-refractivity contribution in [1.82, 2.24) is 4.98 Å². The highest BCUT2D eigenvalue weighted by molar-refractivity contribution is 5.97. The van der Waals surface area contributed by atoms with Crippen LogP contribution in [0.15, 0.2) is 30.5 Å². The lowest BCUT2D eigenvalue weighted by molar-refractivity contribution is 0.0596. The number of nitrogens with zero attached hydrogens (tertiary/aromatic N) is 2. The Morgan fingerprint density at radius 2 is 1.73 bits per heavy atom. The molecule has 0 aliphatic heterocycles. The van der Waals surface area contributed by atoms with Gasteiger partial charge in [-0.15, -0.1) is 0 Å². The number of methoxy groups -OCH3 is 2. The van der Waals surface area contributed by atoms with Crippen molar-refractivity contribution in [3.8, 4) is 22.6 Å². The van der Waals surface area contributed by atoms with E-state index in [2.05, 4.69) is 23.7 Å². The zero-order valence-electron chi connectivity index (χ0n) is 16.0. The molecule has 1 aromatic carbocycles. The van der Waals surface area contributed by atoms with Crippen molar-refractivity contribution >= 4 is 11.8 Å². The number of rotatable bonds is 8. The minimum atomic E-state index is -0.471. The highest BCUT2D eigenvalue weighted by atomic mass is 16.5. The number of carbonyl (C=O) groups excluding carboxylic acids is 1. The first-order chi connectivity index (χ1) is 12.6. The van der Waals surface area contributed by atoms with E-state index in [0.717, 1.165) is 35.8 Å². The standard InChI is InChI=1S/C20H26N2O4/c1-6-22(7-2)19-17(14-9-11-15(24-4)12-10-14)18(26-8-3)16(13-21-19)20(23)25-5/h9-13H,6-8H2,1-5H3. The zero-order chi connectivity index (χ0) is 19.1. The number of anilines is 1. The summed E-state index contributed by atoms with van der Waals surface area (Å²) in [6.07, 6.45) is 1.53. The van der Waals surface area contributed by atoms with Crippen LogP contribution in [-0.2, 0) is 4.74 Å². The van der Waals surface area contributed by atoms with E-state index in [1.54, 1.807) is 7.11 Å². The van der Waals surface area contributed by atoms with Crippen LogP contribution in [-0.4, -0.2) is 44.9 Å². The molecule has 0 radical (unpaired) electrons. The molecule has 0 aliphatic rings. The van der Waals surface area contributed by atoms with Crippen molar-refractivity contribution in [3.63, 3.8) is 0 Å². The van der Waals surface area contributed by atoms with Gasteiger partial charge in [0, 0.05) is 19.3 Å². The molecule has 2 aromatic rings. The number of ether oxygens (including phenoxy) is 3. The molecule has 26 heavy (non-hydrogen) atoms. The van der Waals surface area contributed by atoms with Gasteiger partial charge in [-0.2, -0.15) is 0 Å². The minimum absolute atomic E-state index is 0.316. The Balaban J connectivity index is 2.77. The first-order valence-electron chi connectivity index (χ1n) is 8.74. The van der Waals surface area contributed by atoms with E-state index < -0.39 is 5.97 Å². The van der Waals surface area contributed by atoms with Gasteiger partial charge in [0.15, 0.2) is 0 Å². The molecule has 0 saturated carbocycles. The van der Waals surface area contributed by atoms with Crippen LogP contribution in [0.5, 0.6) is 11.5 Å². The lowest BCUT2D eigenvalue weighted by Crippen LogP contribution is -2.24. The predicted octanol–water partition coefficient (Wildman–Crippen LogP) is 3.79. The molecule has 0 amide bonds. The maximum Gasteiger partial charge on any atom is 0.343 e. The number of pyridine rings is 1. The van der Waals surface area contributed by atoms with Crippen molar-refractivity contribution < 1.29 is 19.0 Å². The summed E-state index contributed by atoms with van der Waals surface area (Å²) in [5.74, 6) is 1.55. The highest BCUT2D eigenvalue weighted by Crippen LogP contribution is 2.40. The lowest BCUT2D eigenvalue weighted by Gasteiger charge is -2.25. The smallest absolute Gasteiger partial charge is 0.343 e. The van der Waals surface area contributed by atoms with E-state index in [0.29, 0.717) is 17.9 Å². The van der Waals surface area contributed by atoms with Crippen LogP contribution in [0, 0.1) is 0 Å². The molecule has 0 spiro atoms. The Morgan fingerprint density at radius 1 is 1.08 bits per heavy atom. The summed E-state index contributed by atoms with van der Waals surface area (Å²) in [7, 11) is 2.98. The Bertz CT molecular complexity index is 740. The average Bonchev–Trinajstić information content (AvgIpc) is 2.69. The van der Waals surface area contributed by atoms with Crippen LogP contribution in [0.1, 0.15) is 31.1 Å². The quantitative estimate of drug-likeness (QED) is 0.669. The normalized spacial score (nSPS) is 10.3. The third-order valence-corrected chi connectivity index (χ3v) is 4.15. The van der Waals surface area contributed by atoms with Crippen LogP contribution in [0.3, 0.4) is 0 Å². The topological polar surface area (TPSA) is 60.9 Å². The summed E-state index contributed by atoms with van der Waals surface area (Å²) in [5, 5.41) is 0. The molecule has 140 valence electrons. The second-order valence-electron chi connectivity index (χ2n) is 5.52. The molecule has 6 heteroatoms. The molecule has 0 N–H and O–H groups in total. The second kappa shape index (κ2) is 9.08. The van der Waals surface area contributed by atoms with Gasteiger partial charge in [0.1, 0.15) is 22.9 Å². The fraction of sp³-hybridized carbons (Fsp3) is 0.400. The van der Waals surface area contributed by atoms with Gasteiger partial charge in [-0.25, -0.2) is 9.78 Å². The maximum absolute atomic E-state index is 12.2. The van der Waals surface area contributed by atoms with Gasteiger partial charge in [-0.3, -0.25) is 0 Å². The van der Waals surface area contributed by atoms with Crippen LogP contribution >= 0.6 is 0 Å². The molecular weight excluding hydrogens is 332 g/mol. The first kappa shape index (κ1) is 19.6. The average molecular weight is 358 g/mol. The molecule has 6 nitrogen and oxygen atoms in total. The summed E-state index contributed by atoms with van der Waals surface area (Å²) in [4.78, 5) is 18.9. The van der Waals surface area contributed by atoms with E-state index in [-0.39, 0.29) is 0 Å². The third-order valence-electron chi connectivity index (χ3n) is 4.15. The van der Waals surface area contributed by atoms with Gasteiger partial charge in [-0.05, 0) is 38.5 Å². The summed E-state index contributed by atoms with van der Waals surface area (Å²) in [5.41, 5.74) is 1.99. The van der Waals surface area contributed by atoms with E-state index in [1.807, 2.05) is 31.2 Å². The Morgan fingerprint density at radius 3 is 2.23 bits per heavy atom. The van der Waals surface area contributed by atoms with E-state index in [9.17, 15) is 4.79 Å². The van der Waals surface area contributed by atoms with Gasteiger partial charge in [0.2, 0.25) is 0 Å². The Labute approximate surface area is 154 Å². The van der Waals surface area contributed by atoms with Crippen molar-refractivity contribution in [1.29, 1.82) is 0 Å². The van der Waals surface area contributed by atoms with Crippen LogP contribution in [0.4, 0.5) is 5.82 Å². The van der Waals surface area contributed by atoms with Gasteiger partial charge in [-0.1, -0.05) is 12.1 Å². The molecular formula is C20H26N2O4. The molecule has 0 saturated heterocycles. The Hall–Kier alpha value is -2.76. The minimum Gasteiger partial charge on any atom is -0.497 e. The fourth-order valence-corrected chi connectivity index (χ4v) is 2.82. The molecule has 0 fully saturated rings. The maximum atomic E-state index is 12.2. The molecule has 2 rings (SSSR count). The number of aromatic nitrogens is 1. The molecule has 1 aromatic heterocycles. The van der Waals surface area contributed by atoms with Crippen molar-refractivity contribution in [2.75, 3.05) is 38.8 Å². The molecule has 0 aliphatic carbocycles. The monoisotopic (exact) mass is 358 g/mol. The number of hydrogen-bond acceptors (Lipinski definition) is 6. The molecule has 0 atom stereocenters. The molecule has 1 heterocycles. The third kappa shape index (κ3) is 3.90. The first-order valence-corrected chi connectivity index (χ1v) is 8.74. The molecule has 0 unspecified atom stereocenters. The van der Waals surface area contributed by atoms with Gasteiger partial charge < -0.3 is 19.1 Å². The zero-order valence-corrected chi connectivity index (χ0v) is 16.0. The van der Waals surface area contributed by atoms with Crippen molar-refractivity contribution in [3.05, 3.63) is 36.0 Å². The number of esters is 1. The summed E-state index contributed by atoms with van der Waals surface area (Å²) in [6.45, 7) is 8.02. The number of benzene rings is 1. The summed E-state index contributed by atoms with van der Waals surface area (Å²) >= 11 is 0. The van der Waals surface area contributed by atoms with Crippen molar-refractivity contribution in [2.24, 2.45) is 0 Å². The number of hydrogen-bond donors (Lipinski definition) is 0. The van der Waals surface area contributed by atoms with Crippen molar-refractivity contribution in [2.45, 2.75) is 20.8 Å². The fourth-order valence-electron chi connectivity index (χ4n) is 2.82. The highest BCUT2D eigenvalue weighted by Gasteiger charge is 2.24. The van der Waals surface area contributed by atoms with Crippen LogP contribution in [0.25, 0.3) is 11.1 Å². The van der Waals surface area contributed by atoms with Crippen LogP contribution < -0.4 is 14.4 Å². The van der Waals surface area contributed by atoms with Crippen LogP contribution in [0.2, 0.25) is 0 Å². The van der Waals surface area contributed by atoms with E-state index in [1.165, 1.54) is 13.3 Å². The van der Waals surface area contributed by atoms with E-state index >= 15 is 0 Å². The van der Waals surface area contributed by atoms with Gasteiger partial charge >= 0.3 is 5.97 Å². The van der Waals surface area contributed by atoms with Gasteiger partial charge in [0.25, 0.3) is 0 Å². The SMILES string of the molecule is CCOc1c(C(=O)OC)cnc(N(CC)CC)c1-c1ccc(OC)cc1. The van der Waals surface area contributed by atoms with Gasteiger partial charge in [0.05, 0.1) is 26.4 Å². The predicted molar refractivity (Wildman–Crippen MR) is 102 cm³/mol. The lowest BCUT2D eigenvalue weighted by atomic mass is 10.0. The summed E-state index contributed by atoms with van der Waals surface area (Å²) < 4.78 is 16.0. The number of carbonyl (C=O) groups is 1. The second-order valence-corrected chi connectivity index (χ2v) is 5.52. The Kier molecular flexibility index (Phi) is 6.83. The summed E-state index contributed by atoms with van der Waals surface area (Å²) in [6, 6.07) is 7.63.